The summed E-state index contributed by atoms with van der Waals surface area (Å²) < 4.78 is 0. The number of nitrogens with one attached hydrogen (secondary N) is 1. The van der Waals surface area contributed by atoms with Crippen molar-refractivity contribution in [2.75, 3.05) is 0 Å². The Morgan fingerprint density at radius 3 is 2.79 bits per heavy atom. The molecule has 102 valence electrons. The van der Waals surface area contributed by atoms with Crippen LogP contribution >= 0.6 is 11.6 Å². The minimum Gasteiger partial charge on any atom is -0.353 e. The van der Waals surface area contributed by atoms with Crippen LogP contribution < -0.4 is 5.32 Å². The molecule has 0 aliphatic heterocycles. The number of fused-ring (bicyclic) bond motifs is 2. The fourth-order valence-electron chi connectivity index (χ4n) is 3.65. The molecule has 2 bridgehead atoms. The minimum atomic E-state index is 0.178. The number of carbonyl (C=O) groups is 1. The Hall–Kier alpha value is -1.02. The molecule has 0 spiro atoms. The normalized spacial score (nSPS) is 28.6. The van der Waals surface area contributed by atoms with Crippen molar-refractivity contribution in [3.63, 3.8) is 0 Å². The first kappa shape index (κ1) is 13.0. The van der Waals surface area contributed by atoms with Crippen molar-refractivity contribution in [1.29, 1.82) is 0 Å². The molecule has 0 aromatic heterocycles. The highest BCUT2D eigenvalue weighted by atomic mass is 35.5. The van der Waals surface area contributed by atoms with E-state index in [0.29, 0.717) is 12.5 Å². The number of halogens is 1. The van der Waals surface area contributed by atoms with Crippen LogP contribution in [0.15, 0.2) is 24.3 Å². The van der Waals surface area contributed by atoms with Crippen molar-refractivity contribution in [2.24, 2.45) is 11.8 Å². The van der Waals surface area contributed by atoms with Gasteiger partial charge < -0.3 is 5.32 Å². The SMILES string of the molecule is O=C(CCc1ccccc1Cl)NC1CC2CCC1C2. The Bertz CT molecular complexity index is 474. The highest BCUT2D eigenvalue weighted by Gasteiger charge is 2.39. The molecule has 19 heavy (non-hydrogen) atoms. The van der Waals surface area contributed by atoms with E-state index in [1.165, 1.54) is 25.7 Å². The summed E-state index contributed by atoms with van der Waals surface area (Å²) in [5.41, 5.74) is 1.06. The van der Waals surface area contributed by atoms with Crippen molar-refractivity contribution >= 4 is 17.5 Å². The second-order valence-electron chi connectivity index (χ2n) is 5.94. The molecule has 3 unspecified atom stereocenters. The van der Waals surface area contributed by atoms with Gasteiger partial charge >= 0.3 is 0 Å². The van der Waals surface area contributed by atoms with Crippen LogP contribution in [0, 0.1) is 11.8 Å². The zero-order valence-electron chi connectivity index (χ0n) is 11.1. The first-order chi connectivity index (χ1) is 9.22. The first-order valence-corrected chi connectivity index (χ1v) is 7.63. The lowest BCUT2D eigenvalue weighted by Gasteiger charge is -2.22. The lowest BCUT2D eigenvalue weighted by atomic mass is 9.95. The number of rotatable bonds is 4. The van der Waals surface area contributed by atoms with Gasteiger partial charge in [-0.25, -0.2) is 0 Å². The van der Waals surface area contributed by atoms with Crippen molar-refractivity contribution in [2.45, 2.75) is 44.6 Å². The molecule has 2 nitrogen and oxygen atoms in total. The molecule has 1 aromatic rings. The Morgan fingerprint density at radius 1 is 1.26 bits per heavy atom. The van der Waals surface area contributed by atoms with Gasteiger partial charge in [-0.3, -0.25) is 4.79 Å². The van der Waals surface area contributed by atoms with E-state index in [9.17, 15) is 4.79 Å². The molecule has 0 radical (unpaired) electrons. The minimum absolute atomic E-state index is 0.178. The fourth-order valence-corrected chi connectivity index (χ4v) is 3.88. The third-order valence-corrected chi connectivity index (χ3v) is 5.03. The molecular weight excluding hydrogens is 258 g/mol. The standard InChI is InChI=1S/C16H20ClNO/c17-14-4-2-1-3-12(14)7-8-16(19)18-15-10-11-5-6-13(15)9-11/h1-4,11,13,15H,5-10H2,(H,18,19). The van der Waals surface area contributed by atoms with Crippen LogP contribution in [0.3, 0.4) is 0 Å². The van der Waals surface area contributed by atoms with Crippen molar-refractivity contribution in [1.82, 2.24) is 5.32 Å². The Morgan fingerprint density at radius 2 is 2.11 bits per heavy atom. The summed E-state index contributed by atoms with van der Waals surface area (Å²) in [6.07, 6.45) is 6.47. The summed E-state index contributed by atoms with van der Waals surface area (Å²) in [6, 6.07) is 8.20. The summed E-state index contributed by atoms with van der Waals surface area (Å²) in [7, 11) is 0. The third kappa shape index (κ3) is 2.94. The average molecular weight is 278 g/mol. The van der Waals surface area contributed by atoms with Crippen LogP contribution in [-0.4, -0.2) is 11.9 Å². The van der Waals surface area contributed by atoms with Crippen LogP contribution in [0.2, 0.25) is 5.02 Å². The molecule has 1 amide bonds. The first-order valence-electron chi connectivity index (χ1n) is 7.25. The van der Waals surface area contributed by atoms with Gasteiger partial charge in [0.05, 0.1) is 0 Å². The van der Waals surface area contributed by atoms with Crippen LogP contribution in [0.1, 0.15) is 37.7 Å². The van der Waals surface area contributed by atoms with Crippen LogP contribution in [-0.2, 0) is 11.2 Å². The Kier molecular flexibility index (Phi) is 3.79. The van der Waals surface area contributed by atoms with Gasteiger partial charge in [0.1, 0.15) is 0 Å². The molecule has 3 atom stereocenters. The number of benzene rings is 1. The van der Waals surface area contributed by atoms with E-state index in [4.69, 9.17) is 11.6 Å². The quantitative estimate of drug-likeness (QED) is 0.895. The van der Waals surface area contributed by atoms with Gasteiger partial charge in [-0.2, -0.15) is 0 Å². The molecule has 1 aromatic carbocycles. The summed E-state index contributed by atoms with van der Waals surface area (Å²) in [6.45, 7) is 0. The number of carbonyl (C=O) groups excluding carboxylic acids is 1. The predicted octanol–water partition coefficient (Wildman–Crippen LogP) is 3.58. The van der Waals surface area contributed by atoms with E-state index < -0.39 is 0 Å². The smallest absolute Gasteiger partial charge is 0.220 e. The van der Waals surface area contributed by atoms with Gasteiger partial charge in [0.25, 0.3) is 0 Å². The highest BCUT2D eigenvalue weighted by molar-refractivity contribution is 6.31. The van der Waals surface area contributed by atoms with E-state index >= 15 is 0 Å². The summed E-state index contributed by atoms with van der Waals surface area (Å²) in [4.78, 5) is 12.0. The van der Waals surface area contributed by atoms with E-state index in [0.717, 1.165) is 28.8 Å². The van der Waals surface area contributed by atoms with Crippen LogP contribution in [0.4, 0.5) is 0 Å². The Balaban J connectivity index is 1.48. The monoisotopic (exact) mass is 277 g/mol. The second-order valence-corrected chi connectivity index (χ2v) is 6.35. The lowest BCUT2D eigenvalue weighted by Crippen LogP contribution is -2.38. The molecular formula is C16H20ClNO. The van der Waals surface area contributed by atoms with Gasteiger partial charge in [0.2, 0.25) is 5.91 Å². The predicted molar refractivity (Wildman–Crippen MR) is 77.2 cm³/mol. The fraction of sp³-hybridized carbons (Fsp3) is 0.562. The number of hydrogen-bond acceptors (Lipinski definition) is 1. The molecule has 0 saturated heterocycles. The third-order valence-electron chi connectivity index (χ3n) is 4.66. The van der Waals surface area contributed by atoms with E-state index in [-0.39, 0.29) is 5.91 Å². The Labute approximate surface area is 119 Å². The van der Waals surface area contributed by atoms with Gasteiger partial charge in [-0.15, -0.1) is 0 Å². The molecule has 3 rings (SSSR count). The molecule has 2 aliphatic carbocycles. The van der Waals surface area contributed by atoms with E-state index in [1.807, 2.05) is 24.3 Å². The number of hydrogen-bond donors (Lipinski definition) is 1. The maximum absolute atomic E-state index is 12.0. The van der Waals surface area contributed by atoms with Gasteiger partial charge in [0.15, 0.2) is 0 Å². The van der Waals surface area contributed by atoms with Crippen molar-refractivity contribution in [3.8, 4) is 0 Å². The van der Waals surface area contributed by atoms with E-state index in [1.54, 1.807) is 0 Å². The molecule has 2 fully saturated rings. The summed E-state index contributed by atoms with van der Waals surface area (Å²) >= 11 is 6.10. The summed E-state index contributed by atoms with van der Waals surface area (Å²) in [5.74, 6) is 1.80. The lowest BCUT2D eigenvalue weighted by molar-refractivity contribution is -0.122. The zero-order valence-corrected chi connectivity index (χ0v) is 11.8. The largest absolute Gasteiger partial charge is 0.353 e. The molecule has 1 N–H and O–H groups in total. The van der Waals surface area contributed by atoms with Gasteiger partial charge in [-0.1, -0.05) is 36.2 Å². The van der Waals surface area contributed by atoms with Gasteiger partial charge in [0, 0.05) is 17.5 Å². The van der Waals surface area contributed by atoms with Crippen LogP contribution in [0.5, 0.6) is 0 Å². The molecule has 3 heteroatoms. The zero-order chi connectivity index (χ0) is 13.2. The maximum Gasteiger partial charge on any atom is 0.220 e. The highest BCUT2D eigenvalue weighted by Crippen LogP contribution is 2.44. The van der Waals surface area contributed by atoms with Crippen LogP contribution in [0.25, 0.3) is 0 Å². The second kappa shape index (κ2) is 5.54. The molecule has 2 saturated carbocycles. The topological polar surface area (TPSA) is 29.1 Å². The maximum atomic E-state index is 12.0. The molecule has 2 aliphatic rings. The summed E-state index contributed by atoms with van der Waals surface area (Å²) in [5, 5.41) is 3.98. The van der Waals surface area contributed by atoms with Crippen molar-refractivity contribution in [3.05, 3.63) is 34.9 Å². The number of aryl methyl sites for hydroxylation is 1. The van der Waals surface area contributed by atoms with Crippen molar-refractivity contribution < 1.29 is 4.79 Å². The van der Waals surface area contributed by atoms with E-state index in [2.05, 4.69) is 5.32 Å². The average Bonchev–Trinajstić information content (AvgIpc) is 3.00. The number of amides is 1. The molecule has 0 heterocycles. The van der Waals surface area contributed by atoms with Gasteiger partial charge in [-0.05, 0) is 49.1 Å².